The van der Waals surface area contributed by atoms with Crippen molar-refractivity contribution in [1.29, 1.82) is 0 Å². The lowest BCUT2D eigenvalue weighted by atomic mass is 10.1. The van der Waals surface area contributed by atoms with Crippen LogP contribution in [0.3, 0.4) is 0 Å². The van der Waals surface area contributed by atoms with Gasteiger partial charge < -0.3 is 5.32 Å². The molecule has 0 aromatic heterocycles. The van der Waals surface area contributed by atoms with Gasteiger partial charge in [-0.1, -0.05) is 24.3 Å². The molecule has 1 N–H and O–H groups in total. The average molecular weight is 203 g/mol. The smallest absolute Gasteiger partial charge is 0.316 e. The van der Waals surface area contributed by atoms with E-state index in [0.717, 1.165) is 5.56 Å². The molecule has 0 aliphatic heterocycles. The van der Waals surface area contributed by atoms with Gasteiger partial charge in [0.25, 0.3) is 0 Å². The second-order valence-corrected chi connectivity index (χ2v) is 3.14. The summed E-state index contributed by atoms with van der Waals surface area (Å²) in [6.45, 7) is 0.673. The van der Waals surface area contributed by atoms with Crippen LogP contribution in [0.25, 0.3) is 0 Å². The van der Waals surface area contributed by atoms with E-state index in [2.05, 4.69) is 5.32 Å². The highest BCUT2D eigenvalue weighted by atomic mass is 19.4. The molecule has 0 saturated carbocycles. The number of halogens is 3. The summed E-state index contributed by atoms with van der Waals surface area (Å²) in [5, 5.41) is 2.93. The zero-order valence-corrected chi connectivity index (χ0v) is 7.86. The van der Waals surface area contributed by atoms with Crippen LogP contribution >= 0.6 is 0 Å². The van der Waals surface area contributed by atoms with Crippen molar-refractivity contribution in [2.75, 3.05) is 7.05 Å². The number of hydrogen-bond acceptors (Lipinski definition) is 1. The largest absolute Gasteiger partial charge is 0.393 e. The summed E-state index contributed by atoms with van der Waals surface area (Å²) in [7, 11) is 1.80. The molecule has 0 saturated heterocycles. The fourth-order valence-electron chi connectivity index (χ4n) is 1.21. The van der Waals surface area contributed by atoms with Gasteiger partial charge in [-0.2, -0.15) is 13.2 Å². The van der Waals surface area contributed by atoms with Crippen molar-refractivity contribution in [2.45, 2.75) is 19.1 Å². The minimum absolute atomic E-state index is 0.303. The zero-order chi connectivity index (χ0) is 10.6. The minimum atomic E-state index is -4.12. The molecule has 0 heterocycles. The highest BCUT2D eigenvalue weighted by Gasteiger charge is 2.27. The van der Waals surface area contributed by atoms with Crippen molar-refractivity contribution in [2.24, 2.45) is 0 Å². The molecule has 1 aromatic carbocycles. The Hall–Kier alpha value is -1.03. The Balaban J connectivity index is 2.64. The number of rotatable bonds is 3. The molecule has 4 heteroatoms. The Morgan fingerprint density at radius 1 is 1.07 bits per heavy atom. The van der Waals surface area contributed by atoms with Crippen LogP contribution < -0.4 is 5.32 Å². The Labute approximate surface area is 80.9 Å². The van der Waals surface area contributed by atoms with Gasteiger partial charge in [0.2, 0.25) is 0 Å². The van der Waals surface area contributed by atoms with Crippen molar-refractivity contribution in [1.82, 2.24) is 5.32 Å². The molecule has 0 amide bonds. The maximum Gasteiger partial charge on any atom is 0.393 e. The van der Waals surface area contributed by atoms with E-state index in [1.54, 1.807) is 19.2 Å². The first-order valence-electron chi connectivity index (χ1n) is 4.30. The molecular weight excluding hydrogens is 191 g/mol. The van der Waals surface area contributed by atoms with Gasteiger partial charge in [-0.05, 0) is 18.2 Å². The molecule has 0 radical (unpaired) electrons. The van der Waals surface area contributed by atoms with Crippen LogP contribution in [-0.2, 0) is 13.0 Å². The molecule has 0 aliphatic carbocycles. The molecule has 0 fully saturated rings. The van der Waals surface area contributed by atoms with Crippen LogP contribution in [0.5, 0.6) is 0 Å². The Kier molecular flexibility index (Phi) is 3.52. The monoisotopic (exact) mass is 203 g/mol. The average Bonchev–Trinajstić information content (AvgIpc) is 2.06. The van der Waals surface area contributed by atoms with Crippen LogP contribution in [0.15, 0.2) is 24.3 Å². The van der Waals surface area contributed by atoms with E-state index >= 15 is 0 Å². The molecule has 0 spiro atoms. The molecule has 0 unspecified atom stereocenters. The van der Waals surface area contributed by atoms with E-state index in [0.29, 0.717) is 12.1 Å². The van der Waals surface area contributed by atoms with Gasteiger partial charge in [-0.15, -0.1) is 0 Å². The van der Waals surface area contributed by atoms with Gasteiger partial charge in [0.05, 0.1) is 6.42 Å². The third-order valence-corrected chi connectivity index (χ3v) is 1.81. The van der Waals surface area contributed by atoms with E-state index in [1.165, 1.54) is 12.1 Å². The highest BCUT2D eigenvalue weighted by molar-refractivity contribution is 5.23. The lowest BCUT2D eigenvalue weighted by Gasteiger charge is -2.06. The first kappa shape index (κ1) is 11.0. The van der Waals surface area contributed by atoms with E-state index in [4.69, 9.17) is 0 Å². The number of nitrogens with one attached hydrogen (secondary N) is 1. The lowest BCUT2D eigenvalue weighted by Crippen LogP contribution is -2.11. The summed E-state index contributed by atoms with van der Waals surface area (Å²) >= 11 is 0. The summed E-state index contributed by atoms with van der Waals surface area (Å²) in [6.07, 6.45) is -4.97. The number of benzene rings is 1. The van der Waals surface area contributed by atoms with Crippen LogP contribution in [0.2, 0.25) is 0 Å². The maximum atomic E-state index is 12.0. The molecule has 0 bridgehead atoms. The van der Waals surface area contributed by atoms with Crippen molar-refractivity contribution >= 4 is 0 Å². The van der Waals surface area contributed by atoms with Crippen molar-refractivity contribution in [3.8, 4) is 0 Å². The van der Waals surface area contributed by atoms with Crippen LogP contribution in [0, 0.1) is 0 Å². The highest BCUT2D eigenvalue weighted by Crippen LogP contribution is 2.21. The van der Waals surface area contributed by atoms with E-state index < -0.39 is 12.6 Å². The predicted molar refractivity (Wildman–Crippen MR) is 49.0 cm³/mol. The van der Waals surface area contributed by atoms with Crippen LogP contribution in [0.1, 0.15) is 11.1 Å². The molecule has 1 aromatic rings. The Morgan fingerprint density at radius 3 is 2.00 bits per heavy atom. The first-order chi connectivity index (χ1) is 6.51. The summed E-state index contributed by atoms with van der Waals surface area (Å²) in [5.74, 6) is 0. The fourth-order valence-corrected chi connectivity index (χ4v) is 1.21. The zero-order valence-electron chi connectivity index (χ0n) is 7.86. The minimum Gasteiger partial charge on any atom is -0.316 e. The normalized spacial score (nSPS) is 11.7. The Bertz CT molecular complexity index is 276. The van der Waals surface area contributed by atoms with Gasteiger partial charge >= 0.3 is 6.18 Å². The third kappa shape index (κ3) is 3.79. The van der Waals surface area contributed by atoms with Crippen molar-refractivity contribution < 1.29 is 13.2 Å². The fraction of sp³-hybridized carbons (Fsp3) is 0.400. The molecule has 1 rings (SSSR count). The molecule has 14 heavy (non-hydrogen) atoms. The summed E-state index contributed by atoms with van der Waals surface area (Å²) in [4.78, 5) is 0. The second-order valence-electron chi connectivity index (χ2n) is 3.14. The first-order valence-corrected chi connectivity index (χ1v) is 4.30. The topological polar surface area (TPSA) is 12.0 Å². The van der Waals surface area contributed by atoms with Gasteiger partial charge in [0, 0.05) is 6.54 Å². The van der Waals surface area contributed by atoms with Gasteiger partial charge in [-0.3, -0.25) is 0 Å². The van der Waals surface area contributed by atoms with E-state index in [9.17, 15) is 13.2 Å². The van der Waals surface area contributed by atoms with Crippen LogP contribution in [-0.4, -0.2) is 13.2 Å². The lowest BCUT2D eigenvalue weighted by molar-refractivity contribution is -0.127. The quantitative estimate of drug-likeness (QED) is 0.795. The standard InChI is InChI=1S/C10H12F3N/c1-14-7-9-4-2-8(3-5-9)6-10(11,12)13/h2-5,14H,6-7H2,1H3. The molecular formula is C10H12F3N. The van der Waals surface area contributed by atoms with Crippen LogP contribution in [0.4, 0.5) is 13.2 Å². The predicted octanol–water partition coefficient (Wildman–Crippen LogP) is 2.51. The Morgan fingerprint density at radius 2 is 1.57 bits per heavy atom. The SMILES string of the molecule is CNCc1ccc(CC(F)(F)F)cc1. The number of alkyl halides is 3. The van der Waals surface area contributed by atoms with E-state index in [1.807, 2.05) is 0 Å². The summed E-state index contributed by atoms with van der Waals surface area (Å²) < 4.78 is 35.9. The van der Waals surface area contributed by atoms with Gasteiger partial charge in [-0.25, -0.2) is 0 Å². The third-order valence-electron chi connectivity index (χ3n) is 1.81. The summed E-state index contributed by atoms with van der Waals surface area (Å²) in [6, 6.07) is 6.44. The second kappa shape index (κ2) is 4.46. The van der Waals surface area contributed by atoms with Crippen molar-refractivity contribution in [3.63, 3.8) is 0 Å². The molecule has 0 atom stereocenters. The number of hydrogen-bond donors (Lipinski definition) is 1. The van der Waals surface area contributed by atoms with Crippen molar-refractivity contribution in [3.05, 3.63) is 35.4 Å². The molecule has 0 aliphatic rings. The molecule has 78 valence electrons. The molecule has 1 nitrogen and oxygen atoms in total. The summed E-state index contributed by atoms with van der Waals surface area (Å²) in [5.41, 5.74) is 1.29. The maximum absolute atomic E-state index is 12.0. The van der Waals surface area contributed by atoms with E-state index in [-0.39, 0.29) is 0 Å². The van der Waals surface area contributed by atoms with Gasteiger partial charge in [0.1, 0.15) is 0 Å². The van der Waals surface area contributed by atoms with Gasteiger partial charge in [0.15, 0.2) is 0 Å².